The molecule has 0 bridgehead atoms. The molecule has 0 spiro atoms. The summed E-state index contributed by atoms with van der Waals surface area (Å²) >= 11 is 5.65. The Balaban J connectivity index is 2.86. The Bertz CT molecular complexity index is 324. The first-order valence-corrected chi connectivity index (χ1v) is 5.74. The first-order chi connectivity index (χ1) is 6.13. The summed E-state index contributed by atoms with van der Waals surface area (Å²) in [5.41, 5.74) is 0.498. The van der Waals surface area contributed by atoms with Gasteiger partial charge in [-0.15, -0.1) is 0 Å². The second kappa shape index (κ2) is 4.53. The van der Waals surface area contributed by atoms with Gasteiger partial charge in [-0.25, -0.2) is 0 Å². The van der Waals surface area contributed by atoms with E-state index in [2.05, 4.69) is 0 Å². The van der Waals surface area contributed by atoms with Gasteiger partial charge in [-0.05, 0) is 0 Å². The fourth-order valence-corrected chi connectivity index (χ4v) is 1.45. The summed E-state index contributed by atoms with van der Waals surface area (Å²) in [5, 5.41) is 0. The van der Waals surface area contributed by atoms with Crippen molar-refractivity contribution in [1.29, 1.82) is 0 Å². The number of ketones is 1. The maximum Gasteiger partial charge on any atom is 0.193 e. The molecule has 4 heteroatoms. The molecule has 2 nitrogen and oxygen atoms in total. The lowest BCUT2D eigenvalue weighted by atomic mass is 10.1. The van der Waals surface area contributed by atoms with Crippen LogP contribution in [0.5, 0.6) is 0 Å². The number of alkyl halides is 1. The zero-order chi connectivity index (χ0) is 9.84. The van der Waals surface area contributed by atoms with Gasteiger partial charge in [0.2, 0.25) is 0 Å². The molecule has 0 radical (unpaired) electrons. The van der Waals surface area contributed by atoms with Gasteiger partial charge in [0.1, 0.15) is 0 Å². The van der Waals surface area contributed by atoms with Crippen molar-refractivity contribution in [1.82, 2.24) is 0 Å². The normalized spacial score (nSPS) is 14.9. The summed E-state index contributed by atoms with van der Waals surface area (Å²) in [6, 6.07) is 8.61. The van der Waals surface area contributed by atoms with Gasteiger partial charge in [-0.2, -0.15) is 0 Å². The third-order valence-corrected chi connectivity index (χ3v) is 3.30. The van der Waals surface area contributed by atoms with Crippen molar-refractivity contribution in [3.05, 3.63) is 35.9 Å². The van der Waals surface area contributed by atoms with Gasteiger partial charge in [0.25, 0.3) is 0 Å². The monoisotopic (exact) mass is 216 g/mol. The number of rotatable bonds is 3. The van der Waals surface area contributed by atoms with E-state index in [9.17, 15) is 9.00 Å². The molecule has 13 heavy (non-hydrogen) atoms. The van der Waals surface area contributed by atoms with Crippen molar-refractivity contribution >= 4 is 28.2 Å². The third kappa shape index (κ3) is 2.64. The average molecular weight is 217 g/mol. The van der Waals surface area contributed by atoms with Crippen molar-refractivity contribution in [3.8, 4) is 0 Å². The molecule has 0 fully saturated rings. The lowest BCUT2D eigenvalue weighted by Crippen LogP contribution is -2.18. The minimum atomic E-state index is -1.33. The Morgan fingerprint density at radius 2 is 1.92 bits per heavy atom. The summed E-state index contributed by atoms with van der Waals surface area (Å²) in [5.74, 6) is -0.289. The maximum atomic E-state index is 11.5. The molecule has 2 atom stereocenters. The molecule has 0 saturated heterocycles. The molecule has 0 saturated carbocycles. The standard InChI is InChI=1S/C9H9ClO2S/c1-13(12)9(10)8(11)7-5-3-2-4-6-7/h2-6,9H,1H3/t9-,13-/m0/s1. The minimum absolute atomic E-state index is 0.289. The Labute approximate surface area is 84.4 Å². The lowest BCUT2D eigenvalue weighted by molar-refractivity contribution is 0.101. The molecular formula is C9H9ClO2S. The highest BCUT2D eigenvalue weighted by Gasteiger charge is 2.20. The highest BCUT2D eigenvalue weighted by molar-refractivity contribution is 7.87. The van der Waals surface area contributed by atoms with Crippen LogP contribution < -0.4 is 0 Å². The molecule has 0 N–H and O–H groups in total. The van der Waals surface area contributed by atoms with E-state index in [1.807, 2.05) is 6.07 Å². The van der Waals surface area contributed by atoms with Crippen LogP contribution in [0.25, 0.3) is 0 Å². The Morgan fingerprint density at radius 3 is 2.38 bits per heavy atom. The van der Waals surface area contributed by atoms with Crippen LogP contribution in [0.3, 0.4) is 0 Å². The fourth-order valence-electron chi connectivity index (χ4n) is 0.884. The van der Waals surface area contributed by atoms with E-state index >= 15 is 0 Å². The molecule has 1 aromatic carbocycles. The van der Waals surface area contributed by atoms with E-state index in [-0.39, 0.29) is 5.78 Å². The SMILES string of the molecule is C[S@](=O)[C@H](Cl)C(=O)c1ccccc1. The zero-order valence-electron chi connectivity index (χ0n) is 7.07. The average Bonchev–Trinajstić information content (AvgIpc) is 2.17. The number of hydrogen-bond donors (Lipinski definition) is 0. The van der Waals surface area contributed by atoms with Crippen molar-refractivity contribution in [3.63, 3.8) is 0 Å². The van der Waals surface area contributed by atoms with Gasteiger partial charge < -0.3 is 0 Å². The second-order valence-corrected chi connectivity index (χ2v) is 4.71. The van der Waals surface area contributed by atoms with Crippen LogP contribution in [0.15, 0.2) is 30.3 Å². The quantitative estimate of drug-likeness (QED) is 0.571. The van der Waals surface area contributed by atoms with Crippen molar-refractivity contribution in [2.24, 2.45) is 0 Å². The number of hydrogen-bond acceptors (Lipinski definition) is 2. The van der Waals surface area contributed by atoms with Gasteiger partial charge in [-0.3, -0.25) is 9.00 Å². The van der Waals surface area contributed by atoms with Crippen LogP contribution in [-0.2, 0) is 10.8 Å². The molecule has 0 aliphatic heterocycles. The first-order valence-electron chi connectivity index (χ1n) is 3.68. The van der Waals surface area contributed by atoms with Crippen LogP contribution in [0.1, 0.15) is 10.4 Å². The molecule has 0 amide bonds. The van der Waals surface area contributed by atoms with E-state index in [1.54, 1.807) is 24.3 Å². The van der Waals surface area contributed by atoms with E-state index in [0.29, 0.717) is 5.56 Å². The zero-order valence-corrected chi connectivity index (χ0v) is 8.64. The smallest absolute Gasteiger partial charge is 0.193 e. The van der Waals surface area contributed by atoms with Gasteiger partial charge in [0.05, 0.1) is 0 Å². The van der Waals surface area contributed by atoms with Gasteiger partial charge in [0, 0.05) is 22.6 Å². The minimum Gasteiger partial charge on any atom is -0.291 e. The summed E-state index contributed by atoms with van der Waals surface area (Å²) in [7, 11) is -1.33. The number of carbonyl (C=O) groups is 1. The predicted octanol–water partition coefficient (Wildman–Crippen LogP) is 1.81. The fraction of sp³-hybridized carbons (Fsp3) is 0.222. The number of Topliss-reactive ketones (excluding diaryl/α,β-unsaturated/α-hetero) is 1. The first kappa shape index (κ1) is 10.4. The molecular weight excluding hydrogens is 208 g/mol. The third-order valence-electron chi connectivity index (χ3n) is 1.56. The maximum absolute atomic E-state index is 11.5. The van der Waals surface area contributed by atoms with Crippen molar-refractivity contribution < 1.29 is 9.00 Å². The molecule has 0 aliphatic carbocycles. The van der Waals surface area contributed by atoms with Crippen LogP contribution in [-0.4, -0.2) is 21.0 Å². The van der Waals surface area contributed by atoms with Crippen LogP contribution in [0.2, 0.25) is 0 Å². The van der Waals surface area contributed by atoms with E-state index in [4.69, 9.17) is 11.6 Å². The summed E-state index contributed by atoms with van der Waals surface area (Å²) in [4.78, 5) is 11.5. The molecule has 1 aromatic rings. The van der Waals surface area contributed by atoms with Crippen molar-refractivity contribution in [2.45, 2.75) is 4.71 Å². The molecule has 70 valence electrons. The molecule has 0 aliphatic rings. The van der Waals surface area contributed by atoms with Crippen LogP contribution >= 0.6 is 11.6 Å². The molecule has 0 unspecified atom stereocenters. The van der Waals surface area contributed by atoms with Gasteiger partial charge in [-0.1, -0.05) is 41.9 Å². The highest BCUT2D eigenvalue weighted by Crippen LogP contribution is 2.10. The Hall–Kier alpha value is -0.670. The molecule has 0 heterocycles. The number of halogens is 1. The van der Waals surface area contributed by atoms with E-state index in [1.165, 1.54) is 6.26 Å². The molecule has 1 rings (SSSR count). The summed E-state index contributed by atoms with van der Waals surface area (Å²) in [6.45, 7) is 0. The predicted molar refractivity (Wildman–Crippen MR) is 54.5 cm³/mol. The van der Waals surface area contributed by atoms with Gasteiger partial charge in [0.15, 0.2) is 10.5 Å². The van der Waals surface area contributed by atoms with Crippen LogP contribution in [0, 0.1) is 0 Å². The summed E-state index contributed by atoms with van der Waals surface area (Å²) in [6.07, 6.45) is 1.42. The lowest BCUT2D eigenvalue weighted by Gasteiger charge is -2.04. The molecule has 0 aromatic heterocycles. The van der Waals surface area contributed by atoms with Crippen molar-refractivity contribution in [2.75, 3.05) is 6.26 Å². The summed E-state index contributed by atoms with van der Waals surface area (Å²) < 4.78 is 9.97. The Morgan fingerprint density at radius 1 is 1.38 bits per heavy atom. The van der Waals surface area contributed by atoms with E-state index < -0.39 is 15.5 Å². The number of benzene rings is 1. The number of carbonyl (C=O) groups excluding carboxylic acids is 1. The van der Waals surface area contributed by atoms with E-state index in [0.717, 1.165) is 0 Å². The topological polar surface area (TPSA) is 34.1 Å². The van der Waals surface area contributed by atoms with Crippen LogP contribution in [0.4, 0.5) is 0 Å². The largest absolute Gasteiger partial charge is 0.291 e. The van der Waals surface area contributed by atoms with Gasteiger partial charge >= 0.3 is 0 Å². The Kier molecular flexibility index (Phi) is 3.63. The highest BCUT2D eigenvalue weighted by atomic mass is 35.5. The second-order valence-electron chi connectivity index (χ2n) is 2.54.